The molecule has 1 rings (SSSR count). The van der Waals surface area contributed by atoms with Crippen LogP contribution in [0.3, 0.4) is 0 Å². The van der Waals surface area contributed by atoms with Gasteiger partial charge in [-0.3, -0.25) is 4.79 Å². The van der Waals surface area contributed by atoms with Crippen molar-refractivity contribution in [1.82, 2.24) is 0 Å². The topological polar surface area (TPSA) is 29.1 Å². The third kappa shape index (κ3) is 2.60. The van der Waals surface area contributed by atoms with Gasteiger partial charge in [0, 0.05) is 5.69 Å². The third-order valence-corrected chi connectivity index (χ3v) is 1.13. The van der Waals surface area contributed by atoms with Crippen LogP contribution in [-0.4, -0.2) is 11.8 Å². The summed E-state index contributed by atoms with van der Waals surface area (Å²) in [6, 6.07) is -2.40. The fourth-order valence-corrected chi connectivity index (χ4v) is 0.552. The zero-order valence-electron chi connectivity index (χ0n) is 10.5. The van der Waals surface area contributed by atoms with E-state index in [0.717, 1.165) is 0 Å². The summed E-state index contributed by atoms with van der Waals surface area (Å²) in [5, 5.41) is 2.17. The molecule has 3 heteroatoms. The van der Waals surface area contributed by atoms with Crippen LogP contribution < -0.4 is 5.32 Å². The largest absolute Gasteiger partial charge is 0.325 e. The van der Waals surface area contributed by atoms with E-state index < -0.39 is 36.1 Å². The smallest absolute Gasteiger partial charge is 0.239 e. The summed E-state index contributed by atoms with van der Waals surface area (Å²) in [6.45, 7) is 0. The molecule has 0 bridgehead atoms. The van der Waals surface area contributed by atoms with Gasteiger partial charge in [0.05, 0.1) is 6.85 Å². The molecule has 1 aromatic rings. The molecule has 0 radical (unpaired) electrons. The first kappa shape index (κ1) is 3.59. The Morgan fingerprint density at radius 3 is 2.73 bits per heavy atom. The van der Waals surface area contributed by atoms with Crippen molar-refractivity contribution in [3.05, 3.63) is 30.2 Å². The van der Waals surface area contributed by atoms with Crippen LogP contribution in [0.25, 0.3) is 0 Å². The number of anilines is 1. The van der Waals surface area contributed by atoms with Crippen molar-refractivity contribution in [3.63, 3.8) is 0 Å². The molecule has 1 N–H and O–H groups in total. The predicted molar refractivity (Wildman–Crippen MR) is 45.8 cm³/mol. The minimum Gasteiger partial charge on any atom is -0.325 e. The normalized spacial score (nSPS) is 15.5. The van der Waals surface area contributed by atoms with Crippen LogP contribution in [0.1, 0.15) is 6.85 Å². The predicted octanol–water partition coefficient (Wildman–Crippen LogP) is 1.86. The average Bonchev–Trinajstić information content (AvgIpc) is 2.29. The number of carbonyl (C=O) groups is 1. The van der Waals surface area contributed by atoms with Crippen LogP contribution in [-0.2, 0) is 4.79 Å². The molecule has 0 unspecified atom stereocenters. The van der Waals surface area contributed by atoms with Crippen LogP contribution in [0.5, 0.6) is 0 Å². The quantitative estimate of drug-likeness (QED) is 0.682. The van der Waals surface area contributed by atoms with Crippen molar-refractivity contribution in [1.29, 1.82) is 0 Å². The lowest BCUT2D eigenvalue weighted by atomic mass is 10.3. The molecule has 0 aromatic heterocycles. The molecule has 0 aliphatic rings. The zero-order chi connectivity index (χ0) is 12.5. The maximum atomic E-state index is 11.0. The van der Waals surface area contributed by atoms with E-state index in [-0.39, 0.29) is 11.6 Å². The highest BCUT2D eigenvalue weighted by Crippen LogP contribution is 2.04. The van der Waals surface area contributed by atoms with Gasteiger partial charge in [0.25, 0.3) is 0 Å². The number of nitrogens with one attached hydrogen (secondary N) is 1. The summed E-state index contributed by atoms with van der Waals surface area (Å²) in [6.07, 6.45) is 0. The molecule has 11 heavy (non-hydrogen) atoms. The van der Waals surface area contributed by atoms with Crippen LogP contribution in [0, 0.1) is 0 Å². The number of halogens is 1. The van der Waals surface area contributed by atoms with Crippen molar-refractivity contribution >= 4 is 23.2 Å². The number of rotatable bonds is 2. The van der Waals surface area contributed by atoms with Gasteiger partial charge in [-0.05, 0) is 12.1 Å². The number of hydrogen-bond acceptors (Lipinski definition) is 1. The summed E-state index contributed by atoms with van der Waals surface area (Å²) in [5.41, 5.74) is -0.253. The second-order valence-corrected chi connectivity index (χ2v) is 1.95. The van der Waals surface area contributed by atoms with E-state index in [1.54, 1.807) is 0 Å². The molecule has 0 aliphatic carbocycles. The number of benzene rings is 1. The first-order valence-corrected chi connectivity index (χ1v) is 3.36. The maximum Gasteiger partial charge on any atom is 0.239 e. The first-order chi connectivity index (χ1) is 7.40. The van der Waals surface area contributed by atoms with E-state index in [0.29, 0.717) is 0 Å². The zero-order valence-corrected chi connectivity index (χ0v) is 6.25. The van der Waals surface area contributed by atoms with E-state index in [1.807, 2.05) is 0 Å². The molecule has 0 saturated carbocycles. The summed E-state index contributed by atoms with van der Waals surface area (Å²) < 4.78 is 37.0. The molecular formula is C8H8ClNO. The standard InChI is InChI=1S/C8H8ClNO/c9-6-8(11)10-7-4-2-1-3-5-7/h1-5H,6H2,(H,10,11)/i1D,2D,3D,4D,5D. The average molecular weight is 175 g/mol. The highest BCUT2D eigenvalue weighted by Gasteiger charge is 1.96. The minimum atomic E-state index is -0.625. The molecule has 1 aromatic carbocycles. The first-order valence-electron chi connectivity index (χ1n) is 5.32. The minimum absolute atomic E-state index is 0.253. The number of para-hydroxylation sites is 1. The van der Waals surface area contributed by atoms with Crippen molar-refractivity contribution < 1.29 is 11.6 Å². The third-order valence-electron chi connectivity index (χ3n) is 0.886. The molecule has 1 amide bonds. The maximum absolute atomic E-state index is 11.0. The highest BCUT2D eigenvalue weighted by molar-refractivity contribution is 6.29. The monoisotopic (exact) mass is 174 g/mol. The molecule has 0 aliphatic heterocycles. The molecular weight excluding hydrogens is 162 g/mol. The Morgan fingerprint density at radius 1 is 1.55 bits per heavy atom. The van der Waals surface area contributed by atoms with E-state index >= 15 is 0 Å². The highest BCUT2D eigenvalue weighted by atomic mass is 35.5. The Bertz CT molecular complexity index is 422. The Kier molecular flexibility index (Phi) is 1.30. The number of amides is 1. The van der Waals surface area contributed by atoms with Crippen molar-refractivity contribution in [2.75, 3.05) is 11.2 Å². The number of alkyl halides is 1. The molecule has 0 saturated heterocycles. The molecule has 0 fully saturated rings. The molecule has 2 nitrogen and oxygen atoms in total. The van der Waals surface area contributed by atoms with Crippen molar-refractivity contribution in [2.45, 2.75) is 0 Å². The van der Waals surface area contributed by atoms with Crippen LogP contribution >= 0.6 is 11.6 Å². The van der Waals surface area contributed by atoms with Gasteiger partial charge < -0.3 is 5.32 Å². The fourth-order valence-electron chi connectivity index (χ4n) is 0.485. The molecule has 0 heterocycles. The molecule has 0 spiro atoms. The van der Waals surface area contributed by atoms with Gasteiger partial charge in [-0.1, -0.05) is 18.1 Å². The van der Waals surface area contributed by atoms with Crippen LogP contribution in [0.4, 0.5) is 5.69 Å². The van der Waals surface area contributed by atoms with Gasteiger partial charge in [-0.2, -0.15) is 0 Å². The molecule has 0 atom stereocenters. The van der Waals surface area contributed by atoms with Crippen LogP contribution in [0.2, 0.25) is 0 Å². The van der Waals surface area contributed by atoms with E-state index in [1.165, 1.54) is 0 Å². The second-order valence-electron chi connectivity index (χ2n) is 1.68. The Hall–Kier alpha value is -1.02. The SMILES string of the molecule is [2H]c1c([2H])c([2H])c(NC(=O)CCl)c([2H])c1[2H]. The van der Waals surface area contributed by atoms with Gasteiger partial charge >= 0.3 is 0 Å². The fraction of sp³-hybridized carbons (Fsp3) is 0.125. The van der Waals surface area contributed by atoms with Crippen LogP contribution in [0.15, 0.2) is 30.2 Å². The van der Waals surface area contributed by atoms with Gasteiger partial charge in [0.2, 0.25) is 5.91 Å². The Balaban J connectivity index is 3.34. The van der Waals surface area contributed by atoms with Crippen molar-refractivity contribution in [2.24, 2.45) is 0 Å². The summed E-state index contributed by atoms with van der Waals surface area (Å²) in [7, 11) is 0. The Labute approximate surface area is 77.2 Å². The summed E-state index contributed by atoms with van der Waals surface area (Å²) in [4.78, 5) is 11.0. The summed E-state index contributed by atoms with van der Waals surface area (Å²) >= 11 is 5.25. The lowest BCUT2D eigenvalue weighted by molar-refractivity contribution is -0.113. The van der Waals surface area contributed by atoms with Gasteiger partial charge in [0.1, 0.15) is 5.88 Å². The summed E-state index contributed by atoms with van der Waals surface area (Å²) in [5.74, 6) is -0.970. The molecule has 58 valence electrons. The number of hydrogen-bond donors (Lipinski definition) is 1. The van der Waals surface area contributed by atoms with Crippen molar-refractivity contribution in [3.8, 4) is 0 Å². The van der Waals surface area contributed by atoms with E-state index in [2.05, 4.69) is 5.32 Å². The lowest BCUT2D eigenvalue weighted by Crippen LogP contribution is -2.12. The van der Waals surface area contributed by atoms with Gasteiger partial charge in [0.15, 0.2) is 0 Å². The second kappa shape index (κ2) is 3.98. The van der Waals surface area contributed by atoms with E-state index in [9.17, 15) is 4.79 Å². The van der Waals surface area contributed by atoms with E-state index in [4.69, 9.17) is 18.5 Å². The van der Waals surface area contributed by atoms with Gasteiger partial charge in [-0.15, -0.1) is 11.6 Å². The van der Waals surface area contributed by atoms with Gasteiger partial charge in [-0.25, -0.2) is 0 Å². The lowest BCUT2D eigenvalue weighted by Gasteiger charge is -2.00. The Morgan fingerprint density at radius 2 is 2.18 bits per heavy atom. The number of carbonyl (C=O) groups excluding carboxylic acids is 1.